The van der Waals surface area contributed by atoms with Crippen molar-refractivity contribution in [2.24, 2.45) is 0 Å². The van der Waals surface area contributed by atoms with Crippen LogP contribution in [0.1, 0.15) is 17.3 Å². The molecule has 2 aromatic heterocycles. The fraction of sp³-hybridized carbons (Fsp3) is 0.222. The highest BCUT2D eigenvalue weighted by atomic mass is 32.1. The SMILES string of the molecule is CCOC(=O)c1cnc2sc(=S)[nH]c2c1. The van der Waals surface area contributed by atoms with E-state index in [9.17, 15) is 4.79 Å². The van der Waals surface area contributed by atoms with E-state index in [1.807, 2.05) is 0 Å². The van der Waals surface area contributed by atoms with Crippen molar-refractivity contribution >= 4 is 39.9 Å². The molecule has 0 aliphatic rings. The summed E-state index contributed by atoms with van der Waals surface area (Å²) >= 11 is 6.36. The van der Waals surface area contributed by atoms with Crippen molar-refractivity contribution in [3.63, 3.8) is 0 Å². The van der Waals surface area contributed by atoms with Gasteiger partial charge < -0.3 is 9.72 Å². The molecule has 0 fully saturated rings. The van der Waals surface area contributed by atoms with Crippen LogP contribution in [0.2, 0.25) is 0 Å². The van der Waals surface area contributed by atoms with Gasteiger partial charge in [-0.15, -0.1) is 0 Å². The standard InChI is InChI=1S/C9H8N2O2S2/c1-2-13-8(12)5-3-6-7(10-4-5)15-9(14)11-6/h3-4H,2H2,1H3,(H,11,14). The maximum atomic E-state index is 11.4. The van der Waals surface area contributed by atoms with Crippen molar-refractivity contribution in [3.8, 4) is 0 Å². The topological polar surface area (TPSA) is 55.0 Å². The number of nitrogens with zero attached hydrogens (tertiary/aromatic N) is 1. The van der Waals surface area contributed by atoms with Crippen LogP contribution in [0.4, 0.5) is 0 Å². The van der Waals surface area contributed by atoms with Crippen molar-refractivity contribution in [1.82, 2.24) is 9.97 Å². The number of ether oxygens (including phenoxy) is 1. The second kappa shape index (κ2) is 4.08. The number of hydrogen-bond acceptors (Lipinski definition) is 5. The lowest BCUT2D eigenvalue weighted by Crippen LogP contribution is -2.04. The highest BCUT2D eigenvalue weighted by molar-refractivity contribution is 7.73. The maximum Gasteiger partial charge on any atom is 0.339 e. The number of pyridine rings is 1. The molecule has 0 saturated carbocycles. The van der Waals surface area contributed by atoms with Crippen LogP contribution in [0.15, 0.2) is 12.3 Å². The van der Waals surface area contributed by atoms with E-state index >= 15 is 0 Å². The lowest BCUT2D eigenvalue weighted by Gasteiger charge is -2.00. The van der Waals surface area contributed by atoms with Gasteiger partial charge in [0.05, 0.1) is 17.7 Å². The fourth-order valence-corrected chi connectivity index (χ4v) is 2.18. The first kappa shape index (κ1) is 10.3. The number of esters is 1. The Bertz CT molecular complexity index is 558. The number of carbonyl (C=O) groups is 1. The summed E-state index contributed by atoms with van der Waals surface area (Å²) in [5.74, 6) is -0.364. The molecule has 0 unspecified atom stereocenters. The van der Waals surface area contributed by atoms with Crippen LogP contribution in [0.5, 0.6) is 0 Å². The van der Waals surface area contributed by atoms with E-state index in [0.717, 1.165) is 10.3 Å². The van der Waals surface area contributed by atoms with Crippen molar-refractivity contribution in [1.29, 1.82) is 0 Å². The zero-order valence-corrected chi connectivity index (χ0v) is 9.58. The van der Waals surface area contributed by atoms with Gasteiger partial charge in [0.2, 0.25) is 0 Å². The molecule has 0 aromatic carbocycles. The fourth-order valence-electron chi connectivity index (χ4n) is 1.17. The Kier molecular flexibility index (Phi) is 2.79. The second-order valence-electron chi connectivity index (χ2n) is 2.81. The molecule has 0 aliphatic carbocycles. The number of nitrogens with one attached hydrogen (secondary N) is 1. The van der Waals surface area contributed by atoms with Crippen LogP contribution in [0.25, 0.3) is 10.3 Å². The van der Waals surface area contributed by atoms with Crippen molar-refractivity contribution < 1.29 is 9.53 Å². The summed E-state index contributed by atoms with van der Waals surface area (Å²) in [4.78, 5) is 19.3. The Balaban J connectivity index is 2.46. The summed E-state index contributed by atoms with van der Waals surface area (Å²) in [6.07, 6.45) is 1.50. The molecule has 2 aromatic rings. The van der Waals surface area contributed by atoms with Gasteiger partial charge in [-0.1, -0.05) is 11.3 Å². The molecule has 6 heteroatoms. The average molecular weight is 240 g/mol. The summed E-state index contributed by atoms with van der Waals surface area (Å²) in [5, 5.41) is 0. The highest BCUT2D eigenvalue weighted by Crippen LogP contribution is 2.17. The van der Waals surface area contributed by atoms with Crippen LogP contribution < -0.4 is 0 Å². The van der Waals surface area contributed by atoms with E-state index in [0.29, 0.717) is 16.1 Å². The summed E-state index contributed by atoms with van der Waals surface area (Å²) in [6, 6.07) is 1.70. The number of H-pyrrole nitrogens is 1. The lowest BCUT2D eigenvalue weighted by atomic mass is 10.3. The number of thiazole rings is 1. The third-order valence-corrected chi connectivity index (χ3v) is 2.95. The normalized spacial score (nSPS) is 10.5. The minimum Gasteiger partial charge on any atom is -0.462 e. The lowest BCUT2D eigenvalue weighted by molar-refractivity contribution is 0.0526. The minimum absolute atomic E-state index is 0.358. The maximum absolute atomic E-state index is 11.4. The van der Waals surface area contributed by atoms with Gasteiger partial charge in [0.15, 0.2) is 3.95 Å². The first-order valence-electron chi connectivity index (χ1n) is 4.36. The molecule has 2 heterocycles. The monoisotopic (exact) mass is 240 g/mol. The van der Waals surface area contributed by atoms with Crippen molar-refractivity contribution in [3.05, 3.63) is 21.8 Å². The minimum atomic E-state index is -0.364. The molecule has 15 heavy (non-hydrogen) atoms. The van der Waals surface area contributed by atoms with E-state index in [1.54, 1.807) is 13.0 Å². The molecule has 0 saturated heterocycles. The number of carbonyl (C=O) groups excluding carboxylic acids is 1. The number of rotatable bonds is 2. The van der Waals surface area contributed by atoms with Gasteiger partial charge in [-0.3, -0.25) is 0 Å². The number of hydrogen-bond donors (Lipinski definition) is 1. The molecular weight excluding hydrogens is 232 g/mol. The van der Waals surface area contributed by atoms with Crippen LogP contribution >= 0.6 is 23.6 Å². The third-order valence-electron chi connectivity index (χ3n) is 1.79. The number of aromatic nitrogens is 2. The van der Waals surface area contributed by atoms with E-state index in [4.69, 9.17) is 17.0 Å². The van der Waals surface area contributed by atoms with E-state index in [2.05, 4.69) is 9.97 Å². The van der Waals surface area contributed by atoms with Crippen molar-refractivity contribution in [2.75, 3.05) is 6.61 Å². The molecule has 0 bridgehead atoms. The summed E-state index contributed by atoms with van der Waals surface area (Å²) < 4.78 is 5.52. The summed E-state index contributed by atoms with van der Waals surface area (Å²) in [5.41, 5.74) is 1.21. The summed E-state index contributed by atoms with van der Waals surface area (Å²) in [7, 11) is 0. The zero-order valence-electron chi connectivity index (χ0n) is 7.94. The predicted molar refractivity (Wildman–Crippen MR) is 60.8 cm³/mol. The van der Waals surface area contributed by atoms with Gasteiger partial charge >= 0.3 is 5.97 Å². The molecule has 2 rings (SSSR count). The van der Waals surface area contributed by atoms with Crippen molar-refractivity contribution in [2.45, 2.75) is 6.92 Å². The van der Waals surface area contributed by atoms with Gasteiger partial charge in [0.1, 0.15) is 4.83 Å². The smallest absolute Gasteiger partial charge is 0.339 e. The Morgan fingerprint density at radius 2 is 2.53 bits per heavy atom. The van der Waals surface area contributed by atoms with Gasteiger partial charge in [0, 0.05) is 6.20 Å². The molecular formula is C9H8N2O2S2. The quantitative estimate of drug-likeness (QED) is 0.647. The average Bonchev–Trinajstić information content (AvgIpc) is 2.57. The van der Waals surface area contributed by atoms with E-state index in [-0.39, 0.29) is 5.97 Å². The third kappa shape index (κ3) is 2.05. The molecule has 0 atom stereocenters. The second-order valence-corrected chi connectivity index (χ2v) is 4.48. The molecule has 0 radical (unpaired) electrons. The molecule has 4 nitrogen and oxygen atoms in total. The number of aromatic amines is 1. The van der Waals surface area contributed by atoms with Gasteiger partial charge in [-0.05, 0) is 25.2 Å². The van der Waals surface area contributed by atoms with Crippen LogP contribution in [-0.2, 0) is 4.74 Å². The predicted octanol–water partition coefficient (Wildman–Crippen LogP) is 2.53. The number of fused-ring (bicyclic) bond motifs is 1. The molecule has 78 valence electrons. The Hall–Kier alpha value is -1.27. The van der Waals surface area contributed by atoms with Gasteiger partial charge in [-0.25, -0.2) is 9.78 Å². The Labute approximate surface area is 94.9 Å². The molecule has 0 spiro atoms. The van der Waals surface area contributed by atoms with E-state index in [1.165, 1.54) is 17.5 Å². The molecule has 0 amide bonds. The zero-order chi connectivity index (χ0) is 10.8. The van der Waals surface area contributed by atoms with E-state index < -0.39 is 0 Å². The van der Waals surface area contributed by atoms with Crippen LogP contribution in [0, 0.1) is 3.95 Å². The largest absolute Gasteiger partial charge is 0.462 e. The van der Waals surface area contributed by atoms with Gasteiger partial charge in [0.25, 0.3) is 0 Å². The molecule has 0 aliphatic heterocycles. The Morgan fingerprint density at radius 3 is 3.27 bits per heavy atom. The Morgan fingerprint density at radius 1 is 1.73 bits per heavy atom. The summed E-state index contributed by atoms with van der Waals surface area (Å²) in [6.45, 7) is 2.12. The van der Waals surface area contributed by atoms with Gasteiger partial charge in [-0.2, -0.15) is 0 Å². The highest BCUT2D eigenvalue weighted by Gasteiger charge is 2.08. The van der Waals surface area contributed by atoms with Crippen LogP contribution in [0.3, 0.4) is 0 Å². The first-order chi connectivity index (χ1) is 7.20. The molecule has 1 N–H and O–H groups in total. The first-order valence-corrected chi connectivity index (χ1v) is 5.59. The van der Waals surface area contributed by atoms with Crippen LogP contribution in [-0.4, -0.2) is 22.5 Å².